The Bertz CT molecular complexity index is 713. The van der Waals surface area contributed by atoms with Gasteiger partial charge < -0.3 is 9.72 Å². The van der Waals surface area contributed by atoms with Crippen LogP contribution < -0.4 is 5.56 Å². The summed E-state index contributed by atoms with van der Waals surface area (Å²) >= 11 is 0. The fraction of sp³-hybridized carbons (Fsp3) is 0.438. The van der Waals surface area contributed by atoms with Gasteiger partial charge in [-0.2, -0.15) is 0 Å². The normalized spacial score (nSPS) is 19.3. The number of hydrogen-bond acceptors (Lipinski definition) is 5. The first kappa shape index (κ1) is 14.9. The Morgan fingerprint density at radius 3 is 3.09 bits per heavy atom. The number of nitrogens with zero attached hydrogens (tertiary/aromatic N) is 3. The number of pyridine rings is 1. The van der Waals surface area contributed by atoms with E-state index in [1.807, 2.05) is 12.3 Å². The molecule has 0 unspecified atom stereocenters. The molecular weight excluding hydrogens is 280 g/mol. The first-order valence-corrected chi connectivity index (χ1v) is 7.44. The third-order valence-electron chi connectivity index (χ3n) is 3.85. The summed E-state index contributed by atoms with van der Waals surface area (Å²) in [4.78, 5) is 25.4. The van der Waals surface area contributed by atoms with Crippen LogP contribution in [0, 0.1) is 13.8 Å². The number of aryl methyl sites for hydroxylation is 2. The molecule has 0 aromatic carbocycles. The van der Waals surface area contributed by atoms with Crippen LogP contribution in [0.2, 0.25) is 0 Å². The van der Waals surface area contributed by atoms with Crippen molar-refractivity contribution in [3.05, 3.63) is 57.5 Å². The van der Waals surface area contributed by atoms with Crippen molar-refractivity contribution < 1.29 is 4.74 Å². The second kappa shape index (κ2) is 6.37. The van der Waals surface area contributed by atoms with Gasteiger partial charge in [0.2, 0.25) is 0 Å². The summed E-state index contributed by atoms with van der Waals surface area (Å²) in [6.07, 6.45) is 1.65. The van der Waals surface area contributed by atoms with Gasteiger partial charge >= 0.3 is 0 Å². The third-order valence-corrected chi connectivity index (χ3v) is 3.85. The highest BCUT2D eigenvalue weighted by molar-refractivity contribution is 5.17. The average Bonchev–Trinajstić information content (AvgIpc) is 2.49. The molecule has 1 N–H and O–H groups in total. The Morgan fingerprint density at radius 2 is 2.32 bits per heavy atom. The third kappa shape index (κ3) is 3.40. The molecule has 0 amide bonds. The van der Waals surface area contributed by atoms with Crippen molar-refractivity contribution in [3.8, 4) is 0 Å². The molecule has 1 atom stereocenters. The van der Waals surface area contributed by atoms with Crippen LogP contribution in [0.1, 0.15) is 28.9 Å². The number of H-pyrrole nitrogens is 1. The topological polar surface area (TPSA) is 71.1 Å². The first-order chi connectivity index (χ1) is 10.6. The Balaban J connectivity index is 1.74. The molecule has 0 aliphatic carbocycles. The molecule has 1 fully saturated rings. The van der Waals surface area contributed by atoms with Gasteiger partial charge in [0, 0.05) is 31.9 Å². The summed E-state index contributed by atoms with van der Waals surface area (Å²) < 4.78 is 5.79. The molecule has 0 spiro atoms. The van der Waals surface area contributed by atoms with E-state index in [0.29, 0.717) is 24.7 Å². The predicted molar refractivity (Wildman–Crippen MR) is 82.5 cm³/mol. The summed E-state index contributed by atoms with van der Waals surface area (Å²) in [5, 5.41) is 0. The van der Waals surface area contributed by atoms with Gasteiger partial charge in [0.15, 0.2) is 0 Å². The zero-order chi connectivity index (χ0) is 15.5. The molecule has 22 heavy (non-hydrogen) atoms. The Hall–Kier alpha value is -2.05. The molecule has 3 rings (SSSR count). The van der Waals surface area contributed by atoms with E-state index in [0.717, 1.165) is 18.8 Å². The molecule has 0 radical (unpaired) electrons. The minimum Gasteiger partial charge on any atom is -0.369 e. The molecule has 0 saturated carbocycles. The highest BCUT2D eigenvalue weighted by atomic mass is 16.5. The largest absolute Gasteiger partial charge is 0.369 e. The standard InChI is InChI=1S/C16H20N4O2/c1-11-4-3-5-17-14(11)9-20-6-7-22-15(10-20)13-8-16(21)19-12(2)18-13/h3-5,8,15H,6-7,9-10H2,1-2H3,(H,18,19,21)/t15-/m0/s1. The number of nitrogens with one attached hydrogen (secondary N) is 1. The van der Waals surface area contributed by atoms with E-state index in [2.05, 4.69) is 32.8 Å². The lowest BCUT2D eigenvalue weighted by atomic mass is 10.1. The number of aromatic amines is 1. The lowest BCUT2D eigenvalue weighted by Crippen LogP contribution is -2.38. The molecule has 116 valence electrons. The molecule has 6 nitrogen and oxygen atoms in total. The number of ether oxygens (including phenoxy) is 1. The summed E-state index contributed by atoms with van der Waals surface area (Å²) in [5.74, 6) is 0.615. The molecule has 1 aliphatic heterocycles. The van der Waals surface area contributed by atoms with Crippen molar-refractivity contribution >= 4 is 0 Å². The maximum Gasteiger partial charge on any atom is 0.251 e. The molecule has 0 bridgehead atoms. The first-order valence-electron chi connectivity index (χ1n) is 7.44. The fourth-order valence-electron chi connectivity index (χ4n) is 2.69. The highest BCUT2D eigenvalue weighted by Crippen LogP contribution is 2.21. The molecule has 2 aromatic heterocycles. The van der Waals surface area contributed by atoms with Crippen molar-refractivity contribution in [2.75, 3.05) is 19.7 Å². The summed E-state index contributed by atoms with van der Waals surface area (Å²) in [6.45, 7) is 6.84. The van der Waals surface area contributed by atoms with Crippen LogP contribution >= 0.6 is 0 Å². The van der Waals surface area contributed by atoms with Crippen LogP contribution in [0.4, 0.5) is 0 Å². The van der Waals surface area contributed by atoms with Crippen LogP contribution in [0.3, 0.4) is 0 Å². The minimum atomic E-state index is -0.168. The van der Waals surface area contributed by atoms with Crippen molar-refractivity contribution in [2.24, 2.45) is 0 Å². The summed E-state index contributed by atoms with van der Waals surface area (Å²) in [5.41, 5.74) is 2.83. The lowest BCUT2D eigenvalue weighted by molar-refractivity contribution is -0.0355. The quantitative estimate of drug-likeness (QED) is 0.926. The van der Waals surface area contributed by atoms with Crippen LogP contribution in [-0.2, 0) is 11.3 Å². The van der Waals surface area contributed by atoms with Gasteiger partial charge in [-0.15, -0.1) is 0 Å². The van der Waals surface area contributed by atoms with E-state index in [4.69, 9.17) is 4.74 Å². The van der Waals surface area contributed by atoms with Crippen LogP contribution in [-0.4, -0.2) is 39.5 Å². The summed E-state index contributed by atoms with van der Waals surface area (Å²) in [6, 6.07) is 5.54. The van der Waals surface area contributed by atoms with E-state index in [1.165, 1.54) is 11.6 Å². The predicted octanol–water partition coefficient (Wildman–Crippen LogP) is 1.36. The number of hydrogen-bond donors (Lipinski definition) is 1. The zero-order valence-corrected chi connectivity index (χ0v) is 12.9. The molecule has 1 saturated heterocycles. The van der Waals surface area contributed by atoms with E-state index in [9.17, 15) is 4.79 Å². The second-order valence-electron chi connectivity index (χ2n) is 5.62. The van der Waals surface area contributed by atoms with E-state index in [-0.39, 0.29) is 11.7 Å². The number of aromatic nitrogens is 3. The van der Waals surface area contributed by atoms with Gasteiger partial charge in [-0.05, 0) is 25.5 Å². The molecule has 3 heterocycles. The smallest absolute Gasteiger partial charge is 0.251 e. The summed E-state index contributed by atoms with van der Waals surface area (Å²) in [7, 11) is 0. The van der Waals surface area contributed by atoms with Crippen LogP contribution in [0.15, 0.2) is 29.2 Å². The van der Waals surface area contributed by atoms with Crippen molar-refractivity contribution in [3.63, 3.8) is 0 Å². The Labute approximate surface area is 129 Å². The van der Waals surface area contributed by atoms with Gasteiger partial charge in [0.25, 0.3) is 5.56 Å². The van der Waals surface area contributed by atoms with Gasteiger partial charge in [-0.3, -0.25) is 14.7 Å². The lowest BCUT2D eigenvalue weighted by Gasteiger charge is -2.32. The van der Waals surface area contributed by atoms with Gasteiger partial charge in [0.05, 0.1) is 18.0 Å². The van der Waals surface area contributed by atoms with Crippen molar-refractivity contribution in [2.45, 2.75) is 26.5 Å². The molecule has 1 aliphatic rings. The molecule has 6 heteroatoms. The van der Waals surface area contributed by atoms with Gasteiger partial charge in [-0.1, -0.05) is 6.07 Å². The van der Waals surface area contributed by atoms with E-state index >= 15 is 0 Å². The van der Waals surface area contributed by atoms with E-state index < -0.39 is 0 Å². The average molecular weight is 300 g/mol. The van der Waals surface area contributed by atoms with Gasteiger partial charge in [-0.25, -0.2) is 4.98 Å². The Morgan fingerprint density at radius 1 is 1.45 bits per heavy atom. The van der Waals surface area contributed by atoms with Crippen LogP contribution in [0.5, 0.6) is 0 Å². The van der Waals surface area contributed by atoms with Crippen molar-refractivity contribution in [1.29, 1.82) is 0 Å². The Kier molecular flexibility index (Phi) is 4.31. The number of rotatable bonds is 3. The molecular formula is C16H20N4O2. The highest BCUT2D eigenvalue weighted by Gasteiger charge is 2.24. The zero-order valence-electron chi connectivity index (χ0n) is 12.9. The van der Waals surface area contributed by atoms with Crippen LogP contribution in [0.25, 0.3) is 0 Å². The maximum absolute atomic E-state index is 11.6. The molecule has 2 aromatic rings. The second-order valence-corrected chi connectivity index (χ2v) is 5.62. The number of morpholine rings is 1. The maximum atomic E-state index is 11.6. The van der Waals surface area contributed by atoms with Crippen molar-refractivity contribution in [1.82, 2.24) is 19.9 Å². The van der Waals surface area contributed by atoms with E-state index in [1.54, 1.807) is 6.92 Å². The fourth-order valence-corrected chi connectivity index (χ4v) is 2.69. The minimum absolute atomic E-state index is 0.135. The SMILES string of the molecule is Cc1nc([C@@H]2CN(Cc3ncccc3C)CCO2)cc(=O)[nH]1. The monoisotopic (exact) mass is 300 g/mol. The van der Waals surface area contributed by atoms with Gasteiger partial charge in [0.1, 0.15) is 11.9 Å².